The molecule has 0 spiro atoms. The lowest BCUT2D eigenvalue weighted by atomic mass is 10.1. The third kappa shape index (κ3) is 2.92. The number of anilines is 3. The zero-order valence-corrected chi connectivity index (χ0v) is 10.3. The van der Waals surface area contributed by atoms with Crippen molar-refractivity contribution in [1.82, 2.24) is 4.98 Å². The van der Waals surface area contributed by atoms with Gasteiger partial charge in [-0.15, -0.1) is 0 Å². The molecule has 0 atom stereocenters. The molecule has 0 unspecified atom stereocenters. The fourth-order valence-corrected chi connectivity index (χ4v) is 1.58. The summed E-state index contributed by atoms with van der Waals surface area (Å²) in [5, 5.41) is 12.1. The maximum Gasteiger partial charge on any atom is 0.337 e. The van der Waals surface area contributed by atoms with E-state index in [9.17, 15) is 4.79 Å². The summed E-state index contributed by atoms with van der Waals surface area (Å²) >= 11 is 0. The molecule has 1 heterocycles. The van der Waals surface area contributed by atoms with Gasteiger partial charge in [-0.25, -0.2) is 9.78 Å². The van der Waals surface area contributed by atoms with E-state index in [2.05, 4.69) is 10.3 Å². The molecular formula is C13H13N3O3. The number of nitrogen functional groups attached to an aromatic ring is 1. The topological polar surface area (TPSA) is 97.5 Å². The number of nitrogens with one attached hydrogen (secondary N) is 1. The summed E-state index contributed by atoms with van der Waals surface area (Å²) in [4.78, 5) is 15.2. The van der Waals surface area contributed by atoms with Crippen LogP contribution >= 0.6 is 0 Å². The van der Waals surface area contributed by atoms with Gasteiger partial charge in [0.25, 0.3) is 0 Å². The number of nitrogens with zero attached hydrogens (tertiary/aromatic N) is 1. The first-order valence-corrected chi connectivity index (χ1v) is 5.50. The number of carboxylic acids is 1. The molecule has 0 aliphatic carbocycles. The lowest BCUT2D eigenvalue weighted by Gasteiger charge is -2.10. The molecule has 2 rings (SSSR count). The summed E-state index contributed by atoms with van der Waals surface area (Å²) in [5.41, 5.74) is 7.20. The van der Waals surface area contributed by atoms with Gasteiger partial charge in [-0.1, -0.05) is 0 Å². The van der Waals surface area contributed by atoms with Crippen molar-refractivity contribution in [3.05, 3.63) is 42.1 Å². The van der Waals surface area contributed by atoms with Crippen LogP contribution in [-0.2, 0) is 0 Å². The van der Waals surface area contributed by atoms with E-state index in [1.165, 1.54) is 13.2 Å². The summed E-state index contributed by atoms with van der Waals surface area (Å²) in [5.74, 6) is -0.558. The maximum atomic E-state index is 11.1. The molecule has 4 N–H and O–H groups in total. The normalized spacial score (nSPS) is 9.95. The summed E-state index contributed by atoms with van der Waals surface area (Å²) < 4.78 is 4.95. The molecule has 1 aromatic heterocycles. The van der Waals surface area contributed by atoms with Gasteiger partial charge < -0.3 is 20.9 Å². The van der Waals surface area contributed by atoms with Crippen LogP contribution in [0.25, 0.3) is 0 Å². The van der Waals surface area contributed by atoms with Gasteiger partial charge in [0, 0.05) is 11.8 Å². The van der Waals surface area contributed by atoms with Gasteiger partial charge in [0.05, 0.1) is 30.2 Å². The fourth-order valence-electron chi connectivity index (χ4n) is 1.58. The van der Waals surface area contributed by atoms with E-state index in [-0.39, 0.29) is 5.56 Å². The Bertz CT molecular complexity index is 597. The molecule has 0 fully saturated rings. The monoisotopic (exact) mass is 259 g/mol. The number of rotatable bonds is 4. The van der Waals surface area contributed by atoms with Crippen LogP contribution < -0.4 is 15.8 Å². The first kappa shape index (κ1) is 12.7. The Kier molecular flexibility index (Phi) is 3.51. The molecule has 6 heteroatoms. The molecule has 0 aliphatic heterocycles. The average Bonchev–Trinajstić information content (AvgIpc) is 2.41. The molecule has 0 bridgehead atoms. The van der Waals surface area contributed by atoms with E-state index >= 15 is 0 Å². The van der Waals surface area contributed by atoms with Crippen molar-refractivity contribution in [1.29, 1.82) is 0 Å². The Morgan fingerprint density at radius 1 is 1.37 bits per heavy atom. The van der Waals surface area contributed by atoms with Crippen LogP contribution in [0, 0.1) is 0 Å². The average molecular weight is 259 g/mol. The summed E-state index contributed by atoms with van der Waals surface area (Å²) in [6, 6.07) is 8.07. The number of aromatic carboxylic acids is 1. The van der Waals surface area contributed by atoms with E-state index in [1.54, 1.807) is 30.5 Å². The number of hydrogen-bond donors (Lipinski definition) is 3. The summed E-state index contributed by atoms with van der Waals surface area (Å²) in [6.07, 6.45) is 1.56. The van der Waals surface area contributed by atoms with E-state index in [0.29, 0.717) is 22.9 Å². The lowest BCUT2D eigenvalue weighted by molar-refractivity contribution is 0.0698. The van der Waals surface area contributed by atoms with Crippen molar-refractivity contribution in [2.75, 3.05) is 18.2 Å². The van der Waals surface area contributed by atoms with E-state index < -0.39 is 5.97 Å². The van der Waals surface area contributed by atoms with Crippen LogP contribution in [0.2, 0.25) is 0 Å². The van der Waals surface area contributed by atoms with E-state index in [0.717, 1.165) is 0 Å². The molecule has 1 aromatic carbocycles. The second kappa shape index (κ2) is 5.26. The Morgan fingerprint density at radius 3 is 2.74 bits per heavy atom. The van der Waals surface area contributed by atoms with Crippen molar-refractivity contribution >= 4 is 23.0 Å². The molecule has 0 radical (unpaired) electrons. The second-order valence-corrected chi connectivity index (χ2v) is 3.82. The fraction of sp³-hybridized carbons (Fsp3) is 0.0769. The van der Waals surface area contributed by atoms with Gasteiger partial charge >= 0.3 is 5.97 Å². The number of carbonyl (C=O) groups is 1. The van der Waals surface area contributed by atoms with Crippen molar-refractivity contribution in [3.63, 3.8) is 0 Å². The first-order valence-electron chi connectivity index (χ1n) is 5.50. The van der Waals surface area contributed by atoms with Gasteiger partial charge in [0.2, 0.25) is 5.88 Å². The SMILES string of the molecule is COc1ccc(Nc2ccc(N)cc2C(=O)O)cn1. The number of aromatic nitrogens is 1. The minimum Gasteiger partial charge on any atom is -0.481 e. The predicted molar refractivity (Wildman–Crippen MR) is 71.9 cm³/mol. The number of ether oxygens (including phenoxy) is 1. The minimum absolute atomic E-state index is 0.107. The summed E-state index contributed by atoms with van der Waals surface area (Å²) in [7, 11) is 1.53. The van der Waals surface area contributed by atoms with Crippen LogP contribution in [-0.4, -0.2) is 23.2 Å². The molecule has 2 aromatic rings. The van der Waals surface area contributed by atoms with Gasteiger partial charge in [-0.3, -0.25) is 0 Å². The van der Waals surface area contributed by atoms with Crippen LogP contribution in [0.4, 0.5) is 17.1 Å². The van der Waals surface area contributed by atoms with Crippen LogP contribution in [0.15, 0.2) is 36.5 Å². The molecule has 0 saturated carbocycles. The third-order valence-corrected chi connectivity index (χ3v) is 2.50. The number of pyridine rings is 1. The van der Waals surface area contributed by atoms with Crippen molar-refractivity contribution in [2.45, 2.75) is 0 Å². The van der Waals surface area contributed by atoms with E-state index in [1.807, 2.05) is 0 Å². The Morgan fingerprint density at radius 2 is 2.16 bits per heavy atom. The Balaban J connectivity index is 2.29. The quantitative estimate of drug-likeness (QED) is 0.727. The summed E-state index contributed by atoms with van der Waals surface area (Å²) in [6.45, 7) is 0. The van der Waals surface area contributed by atoms with E-state index in [4.69, 9.17) is 15.6 Å². The number of benzene rings is 1. The highest BCUT2D eigenvalue weighted by Crippen LogP contribution is 2.23. The largest absolute Gasteiger partial charge is 0.481 e. The van der Waals surface area contributed by atoms with Crippen molar-refractivity contribution in [2.24, 2.45) is 0 Å². The van der Waals surface area contributed by atoms with Crippen LogP contribution in [0.5, 0.6) is 5.88 Å². The standard InChI is InChI=1S/C13H13N3O3/c1-19-12-5-3-9(7-15-12)16-11-4-2-8(14)6-10(11)13(17)18/h2-7,16H,14H2,1H3,(H,17,18). The highest BCUT2D eigenvalue weighted by Gasteiger charge is 2.10. The van der Waals surface area contributed by atoms with Gasteiger partial charge in [-0.2, -0.15) is 0 Å². The number of nitrogens with two attached hydrogens (primary N) is 1. The van der Waals surface area contributed by atoms with Crippen LogP contribution in [0.3, 0.4) is 0 Å². The highest BCUT2D eigenvalue weighted by atomic mass is 16.5. The van der Waals surface area contributed by atoms with Gasteiger partial charge in [0.1, 0.15) is 0 Å². The molecule has 19 heavy (non-hydrogen) atoms. The Hall–Kier alpha value is -2.76. The zero-order valence-electron chi connectivity index (χ0n) is 10.3. The van der Waals surface area contributed by atoms with Gasteiger partial charge in [0.15, 0.2) is 0 Å². The second-order valence-electron chi connectivity index (χ2n) is 3.82. The molecule has 6 nitrogen and oxygen atoms in total. The molecule has 0 aliphatic rings. The molecule has 98 valence electrons. The molecular weight excluding hydrogens is 246 g/mol. The smallest absolute Gasteiger partial charge is 0.337 e. The zero-order chi connectivity index (χ0) is 13.8. The lowest BCUT2D eigenvalue weighted by Crippen LogP contribution is -2.04. The maximum absolute atomic E-state index is 11.1. The minimum atomic E-state index is -1.05. The Labute approximate surface area is 109 Å². The number of hydrogen-bond acceptors (Lipinski definition) is 5. The van der Waals surface area contributed by atoms with Gasteiger partial charge in [-0.05, 0) is 24.3 Å². The molecule has 0 amide bonds. The number of carboxylic acid groups (broad SMARTS) is 1. The highest BCUT2D eigenvalue weighted by molar-refractivity contribution is 5.96. The van der Waals surface area contributed by atoms with Crippen LogP contribution in [0.1, 0.15) is 10.4 Å². The van der Waals surface area contributed by atoms with Crippen molar-refractivity contribution < 1.29 is 14.6 Å². The predicted octanol–water partition coefficient (Wildman–Crippen LogP) is 2.11. The van der Waals surface area contributed by atoms with Crippen molar-refractivity contribution in [3.8, 4) is 5.88 Å². The first-order chi connectivity index (χ1) is 9.10. The molecule has 0 saturated heterocycles. The third-order valence-electron chi connectivity index (χ3n) is 2.50. The number of methoxy groups -OCH3 is 1.